The minimum absolute atomic E-state index is 0.00487. The fraction of sp³-hybridized carbons (Fsp3) is 0.250. The number of benzene rings is 1. The second-order valence-electron chi connectivity index (χ2n) is 6.15. The number of rotatable bonds is 6. The molecule has 134 valence electrons. The number of nitrogens with zero attached hydrogens (tertiary/aromatic N) is 4. The molecule has 0 fully saturated rings. The highest BCUT2D eigenvalue weighted by molar-refractivity contribution is 5.89. The van der Waals surface area contributed by atoms with Crippen LogP contribution in [0.3, 0.4) is 0 Å². The van der Waals surface area contributed by atoms with Gasteiger partial charge in [-0.3, -0.25) is 9.67 Å². The van der Waals surface area contributed by atoms with Crippen molar-refractivity contribution >= 4 is 11.7 Å². The van der Waals surface area contributed by atoms with Crippen molar-refractivity contribution in [3.8, 4) is 0 Å². The fourth-order valence-corrected chi connectivity index (χ4v) is 3.00. The summed E-state index contributed by atoms with van der Waals surface area (Å²) in [7, 11) is 1.82. The maximum Gasteiger partial charge on any atom is 0.322 e. The van der Waals surface area contributed by atoms with Crippen LogP contribution >= 0.6 is 0 Å². The highest BCUT2D eigenvalue weighted by Crippen LogP contribution is 2.23. The number of carbonyl (C=O) groups is 1. The Morgan fingerprint density at radius 2 is 2.00 bits per heavy atom. The molecular formula is C20H23N5O. The number of pyridine rings is 1. The number of carbonyl (C=O) groups excluding carboxylic acids is 1. The quantitative estimate of drug-likeness (QED) is 0.733. The lowest BCUT2D eigenvalue weighted by Gasteiger charge is -2.28. The third-order valence-electron chi connectivity index (χ3n) is 4.35. The summed E-state index contributed by atoms with van der Waals surface area (Å²) >= 11 is 0. The number of amides is 2. The molecule has 0 aliphatic heterocycles. The van der Waals surface area contributed by atoms with Crippen LogP contribution < -0.4 is 5.32 Å². The zero-order chi connectivity index (χ0) is 18.4. The second kappa shape index (κ2) is 8.29. The standard InChI is InChI=1S/C20H23N5O/c1-3-19(17-8-11-21-12-9-17)24(2)20(26)23-18-7-4-6-16(14-18)15-25-13-5-10-22-25/h4-14,19H,3,15H2,1-2H3,(H,23,26)/t19-/m1/s1. The Bertz CT molecular complexity index is 832. The lowest BCUT2D eigenvalue weighted by molar-refractivity contribution is 0.202. The van der Waals surface area contributed by atoms with Gasteiger partial charge in [-0.05, 0) is 47.9 Å². The van der Waals surface area contributed by atoms with Gasteiger partial charge in [-0.25, -0.2) is 4.79 Å². The minimum atomic E-state index is -0.134. The summed E-state index contributed by atoms with van der Waals surface area (Å²) in [5, 5.41) is 7.20. The molecule has 2 amide bonds. The van der Waals surface area contributed by atoms with E-state index in [1.165, 1.54) is 0 Å². The molecule has 0 aliphatic carbocycles. The van der Waals surface area contributed by atoms with Crippen LogP contribution in [0.25, 0.3) is 0 Å². The lowest BCUT2D eigenvalue weighted by atomic mass is 10.1. The largest absolute Gasteiger partial charge is 0.322 e. The molecular weight excluding hydrogens is 326 g/mol. The first-order chi connectivity index (χ1) is 12.7. The van der Waals surface area contributed by atoms with Crippen LogP contribution in [0.4, 0.5) is 10.5 Å². The fourth-order valence-electron chi connectivity index (χ4n) is 3.00. The normalized spacial score (nSPS) is 11.8. The molecule has 0 spiro atoms. The van der Waals surface area contributed by atoms with Crippen molar-refractivity contribution in [2.45, 2.75) is 25.9 Å². The van der Waals surface area contributed by atoms with E-state index in [1.807, 2.05) is 60.4 Å². The zero-order valence-corrected chi connectivity index (χ0v) is 15.0. The van der Waals surface area contributed by atoms with Crippen LogP contribution in [0.1, 0.15) is 30.5 Å². The van der Waals surface area contributed by atoms with Crippen LogP contribution in [-0.4, -0.2) is 32.7 Å². The number of hydrogen-bond acceptors (Lipinski definition) is 3. The average Bonchev–Trinajstić information content (AvgIpc) is 3.16. The first-order valence-corrected chi connectivity index (χ1v) is 8.67. The smallest absolute Gasteiger partial charge is 0.321 e. The summed E-state index contributed by atoms with van der Waals surface area (Å²) in [5.41, 5.74) is 2.93. The van der Waals surface area contributed by atoms with Gasteiger partial charge in [0.15, 0.2) is 0 Å². The molecule has 0 radical (unpaired) electrons. The predicted octanol–water partition coefficient (Wildman–Crippen LogP) is 3.94. The Kier molecular flexibility index (Phi) is 5.63. The highest BCUT2D eigenvalue weighted by atomic mass is 16.2. The Labute approximate surface area is 153 Å². The molecule has 0 saturated carbocycles. The lowest BCUT2D eigenvalue weighted by Crippen LogP contribution is -2.34. The third kappa shape index (κ3) is 4.27. The van der Waals surface area contributed by atoms with E-state index in [2.05, 4.69) is 22.3 Å². The number of aromatic nitrogens is 3. The number of anilines is 1. The number of hydrogen-bond donors (Lipinski definition) is 1. The van der Waals surface area contributed by atoms with E-state index in [0.29, 0.717) is 6.54 Å². The van der Waals surface area contributed by atoms with Crippen molar-refractivity contribution in [1.29, 1.82) is 0 Å². The minimum Gasteiger partial charge on any atom is -0.321 e. The molecule has 6 nitrogen and oxygen atoms in total. The van der Waals surface area contributed by atoms with E-state index in [9.17, 15) is 4.79 Å². The predicted molar refractivity (Wildman–Crippen MR) is 102 cm³/mol. The van der Waals surface area contributed by atoms with E-state index < -0.39 is 0 Å². The van der Waals surface area contributed by atoms with Crippen molar-refractivity contribution in [2.24, 2.45) is 0 Å². The monoisotopic (exact) mass is 349 g/mol. The van der Waals surface area contributed by atoms with Gasteiger partial charge >= 0.3 is 6.03 Å². The molecule has 0 saturated heterocycles. The van der Waals surface area contributed by atoms with Crippen LogP contribution in [0.5, 0.6) is 0 Å². The van der Waals surface area contributed by atoms with Gasteiger partial charge in [0.2, 0.25) is 0 Å². The van der Waals surface area contributed by atoms with E-state index in [-0.39, 0.29) is 12.1 Å². The van der Waals surface area contributed by atoms with Crippen molar-refractivity contribution in [3.05, 3.63) is 78.4 Å². The number of urea groups is 1. The van der Waals surface area contributed by atoms with Gasteiger partial charge in [0, 0.05) is 37.5 Å². The van der Waals surface area contributed by atoms with Gasteiger partial charge in [0.25, 0.3) is 0 Å². The van der Waals surface area contributed by atoms with Crippen LogP contribution in [0, 0.1) is 0 Å². The Balaban J connectivity index is 1.69. The third-order valence-corrected chi connectivity index (χ3v) is 4.35. The summed E-state index contributed by atoms with van der Waals surface area (Å²) in [4.78, 5) is 18.5. The second-order valence-corrected chi connectivity index (χ2v) is 6.15. The maximum absolute atomic E-state index is 12.7. The summed E-state index contributed by atoms with van der Waals surface area (Å²) < 4.78 is 1.85. The van der Waals surface area contributed by atoms with Crippen LogP contribution in [-0.2, 0) is 6.54 Å². The maximum atomic E-state index is 12.7. The molecule has 0 aliphatic rings. The first kappa shape index (κ1) is 17.7. The van der Waals surface area contributed by atoms with Gasteiger partial charge in [0.1, 0.15) is 0 Å². The molecule has 2 heterocycles. The Morgan fingerprint density at radius 1 is 1.19 bits per heavy atom. The van der Waals surface area contributed by atoms with Crippen molar-refractivity contribution in [1.82, 2.24) is 19.7 Å². The van der Waals surface area contributed by atoms with E-state index in [4.69, 9.17) is 0 Å². The Morgan fingerprint density at radius 3 is 2.69 bits per heavy atom. The van der Waals surface area contributed by atoms with Crippen molar-refractivity contribution < 1.29 is 4.79 Å². The van der Waals surface area contributed by atoms with Gasteiger partial charge < -0.3 is 10.2 Å². The molecule has 1 N–H and O–H groups in total. The summed E-state index contributed by atoms with van der Waals surface area (Å²) in [6, 6.07) is 13.5. The summed E-state index contributed by atoms with van der Waals surface area (Å²) in [6.07, 6.45) is 8.00. The van der Waals surface area contributed by atoms with Gasteiger partial charge in [-0.1, -0.05) is 19.1 Å². The highest BCUT2D eigenvalue weighted by Gasteiger charge is 2.20. The molecule has 3 aromatic rings. The van der Waals surface area contributed by atoms with Crippen molar-refractivity contribution in [2.75, 3.05) is 12.4 Å². The Hall–Kier alpha value is -3.15. The summed E-state index contributed by atoms with van der Waals surface area (Å²) in [6.45, 7) is 2.74. The van der Waals surface area contributed by atoms with Crippen molar-refractivity contribution in [3.63, 3.8) is 0 Å². The molecule has 0 bridgehead atoms. The van der Waals surface area contributed by atoms with E-state index in [1.54, 1.807) is 23.5 Å². The van der Waals surface area contributed by atoms with Crippen LogP contribution in [0.2, 0.25) is 0 Å². The topological polar surface area (TPSA) is 63.1 Å². The molecule has 26 heavy (non-hydrogen) atoms. The first-order valence-electron chi connectivity index (χ1n) is 8.67. The molecule has 2 aromatic heterocycles. The molecule has 6 heteroatoms. The SMILES string of the molecule is CC[C@H](c1ccncc1)N(C)C(=O)Nc1cccc(Cn2cccn2)c1. The molecule has 1 atom stereocenters. The van der Waals surface area contributed by atoms with E-state index >= 15 is 0 Å². The summed E-state index contributed by atoms with van der Waals surface area (Å²) in [5.74, 6) is 0. The number of nitrogens with one attached hydrogen (secondary N) is 1. The van der Waals surface area contributed by atoms with Gasteiger partial charge in [0.05, 0.1) is 12.6 Å². The molecule has 0 unspecified atom stereocenters. The van der Waals surface area contributed by atoms with Gasteiger partial charge in [-0.2, -0.15) is 5.10 Å². The van der Waals surface area contributed by atoms with E-state index in [0.717, 1.165) is 23.2 Å². The average molecular weight is 349 g/mol. The molecule has 1 aromatic carbocycles. The molecule has 3 rings (SSSR count). The van der Waals surface area contributed by atoms with Gasteiger partial charge in [-0.15, -0.1) is 0 Å². The van der Waals surface area contributed by atoms with Crippen LogP contribution in [0.15, 0.2) is 67.3 Å². The zero-order valence-electron chi connectivity index (χ0n) is 15.0.